The fourth-order valence-electron chi connectivity index (χ4n) is 2.94. The Balaban J connectivity index is 1.56. The van der Waals surface area contributed by atoms with E-state index in [1.807, 2.05) is 42.7 Å². The Morgan fingerprint density at radius 1 is 0.957 bits per heavy atom. The Morgan fingerprint density at radius 3 is 2.65 bits per heavy atom. The Hall–Kier alpha value is -2.59. The van der Waals surface area contributed by atoms with Crippen LogP contribution in [0.1, 0.15) is 17.0 Å². The molecule has 0 saturated carbocycles. The predicted octanol–water partition coefficient (Wildman–Crippen LogP) is 3.10. The second kappa shape index (κ2) is 6.26. The van der Waals surface area contributed by atoms with Gasteiger partial charge in [-0.3, -0.25) is 9.88 Å². The van der Waals surface area contributed by atoms with Crippen LogP contribution in [0.5, 0.6) is 0 Å². The molecule has 0 aliphatic carbocycles. The number of aromatic nitrogens is 3. The van der Waals surface area contributed by atoms with Gasteiger partial charge in [0.15, 0.2) is 5.82 Å². The number of fused-ring (bicyclic) bond motifs is 1. The highest BCUT2D eigenvalue weighted by Crippen LogP contribution is 2.21. The zero-order valence-corrected chi connectivity index (χ0v) is 12.9. The van der Waals surface area contributed by atoms with Gasteiger partial charge in [-0.25, -0.2) is 9.97 Å². The molecule has 4 rings (SSSR count). The van der Waals surface area contributed by atoms with E-state index in [1.165, 1.54) is 5.56 Å². The van der Waals surface area contributed by atoms with Crippen LogP contribution >= 0.6 is 0 Å². The summed E-state index contributed by atoms with van der Waals surface area (Å²) in [7, 11) is 0. The van der Waals surface area contributed by atoms with Crippen molar-refractivity contribution >= 4 is 0 Å². The minimum atomic E-state index is 0.809. The first-order valence-electron chi connectivity index (χ1n) is 7.91. The fraction of sp³-hybridized carbons (Fsp3) is 0.211. The quantitative estimate of drug-likeness (QED) is 0.745. The Morgan fingerprint density at radius 2 is 1.83 bits per heavy atom. The van der Waals surface area contributed by atoms with Gasteiger partial charge in [0.1, 0.15) is 0 Å². The smallest absolute Gasteiger partial charge is 0.159 e. The van der Waals surface area contributed by atoms with Crippen LogP contribution in [0.25, 0.3) is 11.4 Å². The highest BCUT2D eigenvalue weighted by atomic mass is 15.1. The molecule has 0 unspecified atom stereocenters. The molecule has 3 heterocycles. The van der Waals surface area contributed by atoms with Crippen LogP contribution in [0.15, 0.2) is 60.9 Å². The van der Waals surface area contributed by atoms with Crippen LogP contribution in [-0.4, -0.2) is 26.4 Å². The van der Waals surface area contributed by atoms with Crippen molar-refractivity contribution in [2.24, 2.45) is 0 Å². The molecule has 0 amide bonds. The van der Waals surface area contributed by atoms with Crippen molar-refractivity contribution in [2.45, 2.75) is 19.5 Å². The second-order valence-corrected chi connectivity index (χ2v) is 5.81. The number of benzene rings is 1. The van der Waals surface area contributed by atoms with E-state index in [-0.39, 0.29) is 0 Å². The summed E-state index contributed by atoms with van der Waals surface area (Å²) in [6.07, 6.45) is 4.84. The lowest BCUT2D eigenvalue weighted by molar-refractivity contribution is 0.238. The topological polar surface area (TPSA) is 41.9 Å². The molecule has 4 nitrogen and oxygen atoms in total. The van der Waals surface area contributed by atoms with Gasteiger partial charge in [0.2, 0.25) is 0 Å². The lowest BCUT2D eigenvalue weighted by Crippen LogP contribution is -2.31. The van der Waals surface area contributed by atoms with Crippen molar-refractivity contribution in [3.63, 3.8) is 0 Å². The summed E-state index contributed by atoms with van der Waals surface area (Å²) in [6, 6.07) is 16.2. The Bertz CT molecular complexity index is 787. The van der Waals surface area contributed by atoms with Crippen LogP contribution in [0, 0.1) is 0 Å². The molecule has 3 aromatic rings. The average molecular weight is 302 g/mol. The van der Waals surface area contributed by atoms with Crippen LogP contribution in [0.2, 0.25) is 0 Å². The van der Waals surface area contributed by atoms with E-state index >= 15 is 0 Å². The molecule has 0 fully saturated rings. The van der Waals surface area contributed by atoms with Gasteiger partial charge in [-0.05, 0) is 24.1 Å². The molecule has 0 saturated heterocycles. The van der Waals surface area contributed by atoms with Crippen molar-refractivity contribution in [2.75, 3.05) is 6.54 Å². The first-order valence-corrected chi connectivity index (χ1v) is 7.91. The standard InChI is InChI=1S/C19H18N4/c1-2-6-15(7-3-1)19-21-12-16-9-11-23(14-18(16)22-19)13-17-8-4-5-10-20-17/h1-8,10,12H,9,11,13-14H2. The van der Waals surface area contributed by atoms with E-state index in [1.54, 1.807) is 0 Å². The summed E-state index contributed by atoms with van der Waals surface area (Å²) >= 11 is 0. The largest absolute Gasteiger partial charge is 0.291 e. The number of hydrogen-bond acceptors (Lipinski definition) is 4. The van der Waals surface area contributed by atoms with E-state index in [2.05, 4.69) is 33.1 Å². The van der Waals surface area contributed by atoms with E-state index in [0.717, 1.165) is 48.8 Å². The molecule has 0 bridgehead atoms. The first-order chi connectivity index (χ1) is 11.4. The number of pyridine rings is 1. The van der Waals surface area contributed by atoms with Gasteiger partial charge in [0.25, 0.3) is 0 Å². The monoisotopic (exact) mass is 302 g/mol. The highest BCUT2D eigenvalue weighted by molar-refractivity contribution is 5.54. The number of rotatable bonds is 3. The van der Waals surface area contributed by atoms with Gasteiger partial charge in [-0.1, -0.05) is 36.4 Å². The summed E-state index contributed by atoms with van der Waals surface area (Å²) < 4.78 is 0. The predicted molar refractivity (Wildman–Crippen MR) is 89.5 cm³/mol. The van der Waals surface area contributed by atoms with Gasteiger partial charge < -0.3 is 0 Å². The molecule has 1 aromatic carbocycles. The third-order valence-electron chi connectivity index (χ3n) is 4.17. The minimum Gasteiger partial charge on any atom is -0.291 e. The third kappa shape index (κ3) is 3.12. The van der Waals surface area contributed by atoms with Crippen LogP contribution < -0.4 is 0 Å². The van der Waals surface area contributed by atoms with Gasteiger partial charge >= 0.3 is 0 Å². The van der Waals surface area contributed by atoms with Crippen molar-refractivity contribution < 1.29 is 0 Å². The summed E-state index contributed by atoms with van der Waals surface area (Å²) in [5.41, 5.74) is 4.58. The Kier molecular flexibility index (Phi) is 3.82. The lowest BCUT2D eigenvalue weighted by atomic mass is 10.1. The number of hydrogen-bond donors (Lipinski definition) is 0. The van der Waals surface area contributed by atoms with E-state index in [4.69, 9.17) is 4.98 Å². The summed E-state index contributed by atoms with van der Waals surface area (Å²) in [5, 5.41) is 0. The van der Waals surface area contributed by atoms with E-state index in [0.29, 0.717) is 0 Å². The van der Waals surface area contributed by atoms with Crippen LogP contribution in [0.3, 0.4) is 0 Å². The van der Waals surface area contributed by atoms with Crippen molar-refractivity contribution in [3.05, 3.63) is 77.9 Å². The normalized spacial score (nSPS) is 14.4. The average Bonchev–Trinajstić information content (AvgIpc) is 2.63. The van der Waals surface area contributed by atoms with Crippen LogP contribution in [0.4, 0.5) is 0 Å². The SMILES string of the molecule is c1ccc(-c2ncc3c(n2)CN(Cc2ccccn2)CC3)cc1. The third-order valence-corrected chi connectivity index (χ3v) is 4.17. The molecule has 2 aromatic heterocycles. The molecular weight excluding hydrogens is 284 g/mol. The number of nitrogens with zero attached hydrogens (tertiary/aromatic N) is 4. The molecule has 0 radical (unpaired) electrons. The van der Waals surface area contributed by atoms with Gasteiger partial charge in [0, 0.05) is 37.6 Å². The lowest BCUT2D eigenvalue weighted by Gasteiger charge is -2.27. The summed E-state index contributed by atoms with van der Waals surface area (Å²) in [6.45, 7) is 2.75. The summed E-state index contributed by atoms with van der Waals surface area (Å²) in [4.78, 5) is 16.1. The minimum absolute atomic E-state index is 0.809. The molecule has 1 aliphatic rings. The molecule has 0 atom stereocenters. The molecular formula is C19H18N4. The van der Waals surface area contributed by atoms with Crippen LogP contribution in [-0.2, 0) is 19.5 Å². The zero-order chi connectivity index (χ0) is 15.5. The fourth-order valence-corrected chi connectivity index (χ4v) is 2.94. The highest BCUT2D eigenvalue weighted by Gasteiger charge is 2.19. The zero-order valence-electron chi connectivity index (χ0n) is 12.9. The first kappa shape index (κ1) is 14.0. The molecule has 0 N–H and O–H groups in total. The molecule has 1 aliphatic heterocycles. The maximum absolute atomic E-state index is 4.80. The maximum Gasteiger partial charge on any atom is 0.159 e. The van der Waals surface area contributed by atoms with Crippen molar-refractivity contribution in [1.29, 1.82) is 0 Å². The maximum atomic E-state index is 4.80. The molecule has 4 heteroatoms. The molecule has 23 heavy (non-hydrogen) atoms. The van der Waals surface area contributed by atoms with Crippen molar-refractivity contribution in [1.82, 2.24) is 19.9 Å². The summed E-state index contributed by atoms with van der Waals surface area (Å²) in [5.74, 6) is 0.809. The van der Waals surface area contributed by atoms with E-state index < -0.39 is 0 Å². The Labute approximate surface area is 135 Å². The molecule has 0 spiro atoms. The van der Waals surface area contributed by atoms with Gasteiger partial charge in [-0.15, -0.1) is 0 Å². The van der Waals surface area contributed by atoms with Crippen molar-refractivity contribution in [3.8, 4) is 11.4 Å². The second-order valence-electron chi connectivity index (χ2n) is 5.81. The molecule has 114 valence electrons. The van der Waals surface area contributed by atoms with Gasteiger partial charge in [0.05, 0.1) is 11.4 Å². The van der Waals surface area contributed by atoms with Gasteiger partial charge in [-0.2, -0.15) is 0 Å². The van der Waals surface area contributed by atoms with E-state index in [9.17, 15) is 0 Å².